The number of aryl methyl sites for hydroxylation is 1. The summed E-state index contributed by atoms with van der Waals surface area (Å²) in [6.45, 7) is 15.1. The van der Waals surface area contributed by atoms with Crippen LogP contribution in [0.4, 0.5) is 0 Å². The van der Waals surface area contributed by atoms with E-state index in [1.165, 1.54) is 4.90 Å². The standard InChI is InChI=1S/C34H52N6O7S/c1-23-30(48-22-36-23)26-8-6-25(7-9-26)19-35-32(44)28-18-27(42)20-40(28)33(45)31(34(3,4)5)37-29(43)21-46-16-14-38-10-12-39(13-11-38)15-17-47-24(2)41/h6-9,22,24,27-28,31,41-42H,10-21H2,1-5H3,(H,35,44)(H,37,43)/t24?,27-,28+,31-/m1/s1. The van der Waals surface area contributed by atoms with Gasteiger partial charge in [-0.15, -0.1) is 11.3 Å². The number of aliphatic hydroxyl groups is 2. The molecule has 266 valence electrons. The fraction of sp³-hybridized carbons (Fsp3) is 0.647. The predicted molar refractivity (Wildman–Crippen MR) is 183 cm³/mol. The maximum absolute atomic E-state index is 13.8. The van der Waals surface area contributed by atoms with Crippen LogP contribution in [0.5, 0.6) is 0 Å². The minimum Gasteiger partial charge on any atom is -0.391 e. The zero-order valence-corrected chi connectivity index (χ0v) is 29.6. The van der Waals surface area contributed by atoms with Crippen LogP contribution in [-0.2, 0) is 30.4 Å². The molecule has 2 aliphatic rings. The van der Waals surface area contributed by atoms with Gasteiger partial charge in [0.25, 0.3) is 0 Å². The van der Waals surface area contributed by atoms with E-state index in [0.29, 0.717) is 19.8 Å². The lowest BCUT2D eigenvalue weighted by atomic mass is 9.85. The molecule has 2 fully saturated rings. The number of β-amino-alcohol motifs (C(OH)–C–C–N with tert-alkyl or cyclic N) is 1. The third-order valence-corrected chi connectivity index (χ3v) is 9.71. The maximum Gasteiger partial charge on any atom is 0.246 e. The Morgan fingerprint density at radius 2 is 1.71 bits per heavy atom. The van der Waals surface area contributed by atoms with Crippen molar-refractivity contribution in [1.29, 1.82) is 0 Å². The van der Waals surface area contributed by atoms with E-state index >= 15 is 0 Å². The Morgan fingerprint density at radius 3 is 2.29 bits per heavy atom. The fourth-order valence-corrected chi connectivity index (χ4v) is 6.74. The van der Waals surface area contributed by atoms with Crippen LogP contribution in [0, 0.1) is 12.3 Å². The molecule has 2 saturated heterocycles. The molecular formula is C34H52N6O7S. The highest BCUT2D eigenvalue weighted by Crippen LogP contribution is 2.28. The molecule has 0 bridgehead atoms. The number of aromatic nitrogens is 1. The van der Waals surface area contributed by atoms with Gasteiger partial charge in [-0.05, 0) is 30.4 Å². The van der Waals surface area contributed by atoms with Crippen molar-refractivity contribution in [1.82, 2.24) is 30.3 Å². The van der Waals surface area contributed by atoms with Gasteiger partial charge in [0.05, 0.1) is 35.4 Å². The van der Waals surface area contributed by atoms with Crippen LogP contribution in [0.15, 0.2) is 29.8 Å². The number of likely N-dealkylation sites (tertiary alicyclic amines) is 1. The average Bonchev–Trinajstić information content (AvgIpc) is 3.66. The van der Waals surface area contributed by atoms with Crippen molar-refractivity contribution in [3.8, 4) is 10.4 Å². The number of rotatable bonds is 15. The largest absolute Gasteiger partial charge is 0.391 e. The molecule has 3 amide bonds. The molecule has 4 atom stereocenters. The van der Waals surface area contributed by atoms with Crippen molar-refractivity contribution in [2.45, 2.75) is 72.1 Å². The summed E-state index contributed by atoms with van der Waals surface area (Å²) in [6.07, 6.45) is -1.47. The fourth-order valence-electron chi connectivity index (χ4n) is 5.93. The van der Waals surface area contributed by atoms with Crippen molar-refractivity contribution < 1.29 is 34.1 Å². The molecule has 0 spiro atoms. The van der Waals surface area contributed by atoms with E-state index in [9.17, 15) is 24.6 Å². The Hall–Kier alpha value is -2.98. The van der Waals surface area contributed by atoms with Crippen molar-refractivity contribution in [2.24, 2.45) is 5.41 Å². The first-order valence-electron chi connectivity index (χ1n) is 16.7. The van der Waals surface area contributed by atoms with Crippen LogP contribution in [0.1, 0.15) is 45.4 Å². The monoisotopic (exact) mass is 688 g/mol. The van der Waals surface area contributed by atoms with Gasteiger partial charge in [-0.1, -0.05) is 45.0 Å². The Kier molecular flexibility index (Phi) is 13.9. The van der Waals surface area contributed by atoms with Gasteiger partial charge in [-0.3, -0.25) is 24.2 Å². The van der Waals surface area contributed by atoms with Crippen molar-refractivity contribution in [3.63, 3.8) is 0 Å². The number of benzene rings is 1. The second kappa shape index (κ2) is 17.6. The van der Waals surface area contributed by atoms with E-state index in [0.717, 1.165) is 54.4 Å². The van der Waals surface area contributed by atoms with E-state index < -0.39 is 41.7 Å². The Bertz CT molecular complexity index is 1340. The highest BCUT2D eigenvalue weighted by atomic mass is 32.1. The van der Waals surface area contributed by atoms with Gasteiger partial charge >= 0.3 is 0 Å². The number of nitrogens with zero attached hydrogens (tertiary/aromatic N) is 4. The van der Waals surface area contributed by atoms with E-state index in [4.69, 9.17) is 9.47 Å². The highest BCUT2D eigenvalue weighted by molar-refractivity contribution is 7.13. The number of piperazine rings is 1. The van der Waals surface area contributed by atoms with Crippen LogP contribution in [0.3, 0.4) is 0 Å². The molecule has 48 heavy (non-hydrogen) atoms. The van der Waals surface area contributed by atoms with Gasteiger partial charge in [0.15, 0.2) is 6.29 Å². The van der Waals surface area contributed by atoms with Crippen molar-refractivity contribution in [2.75, 3.05) is 65.6 Å². The molecule has 1 unspecified atom stereocenters. The summed E-state index contributed by atoms with van der Waals surface area (Å²) in [4.78, 5) is 51.4. The number of nitrogens with one attached hydrogen (secondary N) is 2. The topological polar surface area (TPSA) is 157 Å². The molecule has 13 nitrogen and oxygen atoms in total. The molecule has 0 saturated carbocycles. The predicted octanol–water partition coefficient (Wildman–Crippen LogP) is 1.22. The summed E-state index contributed by atoms with van der Waals surface area (Å²) in [7, 11) is 0. The summed E-state index contributed by atoms with van der Waals surface area (Å²) < 4.78 is 10.9. The Balaban J connectivity index is 1.23. The number of aliphatic hydroxyl groups excluding tert-OH is 2. The number of hydrogen-bond acceptors (Lipinski definition) is 11. The van der Waals surface area contributed by atoms with Crippen LogP contribution in [0.25, 0.3) is 10.4 Å². The van der Waals surface area contributed by atoms with Crippen molar-refractivity contribution >= 4 is 29.1 Å². The van der Waals surface area contributed by atoms with Gasteiger partial charge in [0.2, 0.25) is 17.7 Å². The maximum atomic E-state index is 13.8. The Morgan fingerprint density at radius 1 is 1.06 bits per heavy atom. The molecule has 0 aliphatic carbocycles. The number of amides is 3. The normalized spacial score (nSPS) is 20.4. The number of ether oxygens (including phenoxy) is 2. The number of thiazole rings is 1. The number of carbonyl (C=O) groups is 3. The quantitative estimate of drug-likeness (QED) is 0.159. The lowest BCUT2D eigenvalue weighted by Gasteiger charge is -2.35. The van der Waals surface area contributed by atoms with Crippen LogP contribution in [-0.4, -0.2) is 138 Å². The third-order valence-electron chi connectivity index (χ3n) is 8.73. The van der Waals surface area contributed by atoms with Gasteiger partial charge < -0.3 is 35.2 Å². The minimum atomic E-state index is -0.914. The van der Waals surface area contributed by atoms with Gasteiger partial charge in [-0.25, -0.2) is 4.98 Å². The molecule has 4 N–H and O–H groups in total. The summed E-state index contributed by atoms with van der Waals surface area (Å²) >= 11 is 1.58. The summed E-state index contributed by atoms with van der Waals surface area (Å²) in [5.74, 6) is -1.17. The minimum absolute atomic E-state index is 0.0135. The molecule has 2 aromatic rings. The van der Waals surface area contributed by atoms with Gasteiger partial charge in [0, 0.05) is 58.8 Å². The van der Waals surface area contributed by atoms with E-state index in [1.54, 1.807) is 18.3 Å². The van der Waals surface area contributed by atoms with E-state index in [1.807, 2.05) is 57.5 Å². The molecule has 4 rings (SSSR count). The Labute approximate surface area is 287 Å². The number of hydrogen-bond donors (Lipinski definition) is 4. The van der Waals surface area contributed by atoms with Crippen LogP contribution in [0.2, 0.25) is 0 Å². The van der Waals surface area contributed by atoms with Gasteiger partial charge in [0.1, 0.15) is 18.7 Å². The molecular weight excluding hydrogens is 636 g/mol. The van der Waals surface area contributed by atoms with E-state index in [-0.39, 0.29) is 32.0 Å². The first kappa shape index (κ1) is 37.8. The second-order valence-electron chi connectivity index (χ2n) is 13.7. The summed E-state index contributed by atoms with van der Waals surface area (Å²) in [5.41, 5.74) is 4.11. The molecule has 2 aliphatic heterocycles. The highest BCUT2D eigenvalue weighted by Gasteiger charge is 2.44. The zero-order valence-electron chi connectivity index (χ0n) is 28.8. The van der Waals surface area contributed by atoms with Crippen LogP contribution >= 0.6 is 11.3 Å². The molecule has 0 radical (unpaired) electrons. The summed E-state index contributed by atoms with van der Waals surface area (Å²) in [5, 5.41) is 25.5. The van der Waals surface area contributed by atoms with E-state index in [2.05, 4.69) is 25.4 Å². The molecule has 14 heteroatoms. The average molecular weight is 689 g/mol. The lowest BCUT2D eigenvalue weighted by molar-refractivity contribution is -0.144. The second-order valence-corrected chi connectivity index (χ2v) is 14.5. The van der Waals surface area contributed by atoms with Gasteiger partial charge in [-0.2, -0.15) is 0 Å². The van der Waals surface area contributed by atoms with Crippen molar-refractivity contribution in [3.05, 3.63) is 41.0 Å². The molecule has 1 aromatic carbocycles. The first-order valence-corrected chi connectivity index (χ1v) is 17.6. The third kappa shape index (κ3) is 11.0. The number of carbonyl (C=O) groups excluding carboxylic acids is 3. The zero-order chi connectivity index (χ0) is 34.8. The first-order chi connectivity index (χ1) is 22.8. The lowest BCUT2D eigenvalue weighted by Crippen LogP contribution is -2.58. The summed E-state index contributed by atoms with van der Waals surface area (Å²) in [6, 6.07) is 6.13. The van der Waals surface area contributed by atoms with Crippen LogP contribution < -0.4 is 10.6 Å². The smallest absolute Gasteiger partial charge is 0.246 e. The molecule has 3 heterocycles. The molecule has 1 aromatic heterocycles. The SMILES string of the molecule is Cc1ncsc1-c1ccc(CNC(=O)[C@@H]2C[C@@H](O)CN2C(=O)[C@@H](NC(=O)COCCN2CCN(CCOC(C)O)CC2)C(C)(C)C)cc1.